The summed E-state index contributed by atoms with van der Waals surface area (Å²) in [5, 5.41) is 8.57. The molecule has 0 fully saturated rings. The fraction of sp³-hybridized carbons (Fsp3) is 0.214. The number of fused-ring (bicyclic) bond motifs is 1. The lowest BCUT2D eigenvalue weighted by Crippen LogP contribution is -2.30. The lowest BCUT2D eigenvalue weighted by molar-refractivity contribution is -0.121. The molecule has 0 N–H and O–H groups in total. The molecule has 1 unspecified atom stereocenters. The Hall–Kier alpha value is -4.08. The van der Waals surface area contributed by atoms with Gasteiger partial charge in [0.15, 0.2) is 10.9 Å². The van der Waals surface area contributed by atoms with Crippen LogP contribution in [0.2, 0.25) is 10.2 Å². The fourth-order valence-corrected chi connectivity index (χ4v) is 4.90. The maximum Gasteiger partial charge on any atom is 0.252 e. The third-order valence-corrected chi connectivity index (χ3v) is 6.81. The zero-order valence-electron chi connectivity index (χ0n) is 21.2. The Labute approximate surface area is 234 Å². The number of rotatable bonds is 9. The van der Waals surface area contributed by atoms with Crippen molar-refractivity contribution in [3.05, 3.63) is 93.3 Å². The molecular formula is C28H24Cl2N6O3. The van der Waals surface area contributed by atoms with Crippen LogP contribution < -0.4 is 10.3 Å². The molecule has 0 amide bonds. The van der Waals surface area contributed by atoms with E-state index in [1.807, 2.05) is 25.1 Å². The summed E-state index contributed by atoms with van der Waals surface area (Å²) >= 11 is 12.3. The summed E-state index contributed by atoms with van der Waals surface area (Å²) in [6.07, 6.45) is 7.73. The number of aromatic nitrogens is 6. The normalized spacial score (nSPS) is 12.0. The summed E-state index contributed by atoms with van der Waals surface area (Å²) in [4.78, 5) is 35.7. The van der Waals surface area contributed by atoms with Crippen molar-refractivity contribution in [2.24, 2.45) is 0 Å². The Morgan fingerprint density at radius 2 is 1.79 bits per heavy atom. The fourth-order valence-electron chi connectivity index (χ4n) is 4.60. The topological polar surface area (TPSA) is 105 Å². The Balaban J connectivity index is 1.54. The Morgan fingerprint density at radius 3 is 2.51 bits per heavy atom. The number of ether oxygens (including phenoxy) is 1. The zero-order valence-corrected chi connectivity index (χ0v) is 22.7. The molecule has 0 saturated heterocycles. The number of pyridine rings is 1. The molecular weight excluding hydrogens is 539 g/mol. The molecule has 3 aromatic heterocycles. The molecule has 1 atom stereocenters. The summed E-state index contributed by atoms with van der Waals surface area (Å²) in [5.74, 6) is 0.317. The van der Waals surface area contributed by atoms with E-state index in [9.17, 15) is 9.59 Å². The number of nitrogens with zero attached hydrogens (tertiary/aromatic N) is 6. The van der Waals surface area contributed by atoms with E-state index in [0.717, 1.165) is 11.1 Å². The smallest absolute Gasteiger partial charge is 0.252 e. The van der Waals surface area contributed by atoms with E-state index in [-0.39, 0.29) is 22.9 Å². The van der Waals surface area contributed by atoms with Crippen LogP contribution >= 0.6 is 23.2 Å². The Morgan fingerprint density at radius 1 is 1.00 bits per heavy atom. The van der Waals surface area contributed by atoms with E-state index in [1.165, 1.54) is 22.4 Å². The third kappa shape index (κ3) is 5.55. The average molecular weight is 563 g/mol. The van der Waals surface area contributed by atoms with Crippen molar-refractivity contribution >= 4 is 40.0 Å². The molecule has 5 aromatic rings. The van der Waals surface area contributed by atoms with Gasteiger partial charge in [0.2, 0.25) is 0 Å². The molecule has 0 saturated carbocycles. The van der Waals surface area contributed by atoms with Crippen molar-refractivity contribution in [3.8, 4) is 22.6 Å². The van der Waals surface area contributed by atoms with Crippen LogP contribution in [0.1, 0.15) is 31.4 Å². The van der Waals surface area contributed by atoms with Crippen molar-refractivity contribution in [2.45, 2.75) is 32.2 Å². The van der Waals surface area contributed by atoms with Crippen LogP contribution in [0.5, 0.6) is 5.75 Å². The van der Waals surface area contributed by atoms with Gasteiger partial charge >= 0.3 is 0 Å². The predicted octanol–water partition coefficient (Wildman–Crippen LogP) is 5.51. The van der Waals surface area contributed by atoms with Gasteiger partial charge in [0.1, 0.15) is 5.75 Å². The van der Waals surface area contributed by atoms with Crippen LogP contribution in [0.15, 0.2) is 72.0 Å². The number of methoxy groups -OCH3 is 1. The molecule has 0 radical (unpaired) electrons. The maximum atomic E-state index is 13.5. The van der Waals surface area contributed by atoms with E-state index < -0.39 is 6.04 Å². The van der Waals surface area contributed by atoms with Crippen LogP contribution in [-0.2, 0) is 11.2 Å². The van der Waals surface area contributed by atoms with Gasteiger partial charge in [-0.3, -0.25) is 19.6 Å². The standard InChI is InChI=1S/C28H24Cl2N6O3/c1-3-4-24(25(37)12-17-5-7-21-22(11-17)32-10-9-31-21)35-15-26(39-2)20(14-28(35)38)19-13-18(29)6-8-23(19)36-16-27(30)33-34-36/h5-11,13-16,24H,3-4,12H2,1-2H3. The van der Waals surface area contributed by atoms with E-state index in [4.69, 9.17) is 27.9 Å². The molecule has 11 heteroatoms. The van der Waals surface area contributed by atoms with Crippen LogP contribution in [0.25, 0.3) is 27.8 Å². The molecule has 0 aliphatic carbocycles. The first-order chi connectivity index (χ1) is 18.9. The molecule has 3 heterocycles. The Kier molecular flexibility index (Phi) is 7.72. The molecule has 0 aliphatic heterocycles. The van der Waals surface area contributed by atoms with E-state index >= 15 is 0 Å². The lowest BCUT2D eigenvalue weighted by atomic mass is 9.98. The molecule has 0 bridgehead atoms. The number of ketones is 1. The van der Waals surface area contributed by atoms with Gasteiger partial charge < -0.3 is 9.30 Å². The second-order valence-corrected chi connectivity index (χ2v) is 9.80. The second-order valence-electron chi connectivity index (χ2n) is 8.98. The molecule has 0 aliphatic rings. The lowest BCUT2D eigenvalue weighted by Gasteiger charge is -2.21. The first kappa shape index (κ1) is 26.5. The van der Waals surface area contributed by atoms with Gasteiger partial charge in [0.05, 0.1) is 42.3 Å². The maximum absolute atomic E-state index is 13.5. The quantitative estimate of drug-likeness (QED) is 0.233. The van der Waals surface area contributed by atoms with E-state index in [0.29, 0.717) is 45.9 Å². The highest BCUT2D eigenvalue weighted by Crippen LogP contribution is 2.35. The number of carbonyl (C=O) groups excluding carboxylic acids is 1. The largest absolute Gasteiger partial charge is 0.495 e. The summed E-state index contributed by atoms with van der Waals surface area (Å²) in [5.41, 5.74) is 3.63. The number of halogens is 2. The monoisotopic (exact) mass is 562 g/mol. The van der Waals surface area contributed by atoms with Crippen molar-refractivity contribution in [3.63, 3.8) is 0 Å². The van der Waals surface area contributed by atoms with Gasteiger partial charge in [-0.25, -0.2) is 4.68 Å². The predicted molar refractivity (Wildman–Crippen MR) is 150 cm³/mol. The van der Waals surface area contributed by atoms with Crippen molar-refractivity contribution in [1.29, 1.82) is 0 Å². The minimum atomic E-state index is -0.670. The Bertz CT molecular complexity index is 1730. The van der Waals surface area contributed by atoms with Crippen molar-refractivity contribution in [2.75, 3.05) is 7.11 Å². The average Bonchev–Trinajstić information content (AvgIpc) is 3.37. The van der Waals surface area contributed by atoms with E-state index in [2.05, 4.69) is 20.3 Å². The van der Waals surface area contributed by atoms with Gasteiger partial charge in [-0.1, -0.05) is 47.8 Å². The number of benzene rings is 2. The summed E-state index contributed by atoms with van der Waals surface area (Å²) in [6.45, 7) is 1.98. The molecule has 198 valence electrons. The molecule has 2 aromatic carbocycles. The summed E-state index contributed by atoms with van der Waals surface area (Å²) in [6, 6.07) is 11.5. The van der Waals surface area contributed by atoms with Crippen molar-refractivity contribution < 1.29 is 9.53 Å². The molecule has 9 nitrogen and oxygen atoms in total. The second kappa shape index (κ2) is 11.3. The van der Waals surface area contributed by atoms with Crippen LogP contribution in [0.3, 0.4) is 0 Å². The minimum Gasteiger partial charge on any atom is -0.495 e. The third-order valence-electron chi connectivity index (χ3n) is 6.41. The van der Waals surface area contributed by atoms with Crippen LogP contribution in [0.4, 0.5) is 0 Å². The van der Waals surface area contributed by atoms with Crippen LogP contribution in [-0.4, -0.2) is 42.4 Å². The highest BCUT2D eigenvalue weighted by Gasteiger charge is 2.24. The van der Waals surface area contributed by atoms with Crippen LogP contribution in [0, 0.1) is 0 Å². The van der Waals surface area contributed by atoms with Gasteiger partial charge in [-0.15, -0.1) is 5.10 Å². The number of carbonyl (C=O) groups is 1. The number of hydrogen-bond donors (Lipinski definition) is 0. The highest BCUT2D eigenvalue weighted by molar-refractivity contribution is 6.31. The van der Waals surface area contributed by atoms with Gasteiger partial charge in [0, 0.05) is 41.0 Å². The highest BCUT2D eigenvalue weighted by atomic mass is 35.5. The summed E-state index contributed by atoms with van der Waals surface area (Å²) < 4.78 is 8.65. The van der Waals surface area contributed by atoms with Gasteiger partial charge in [-0.2, -0.15) is 0 Å². The zero-order chi connectivity index (χ0) is 27.5. The van der Waals surface area contributed by atoms with Gasteiger partial charge in [0.25, 0.3) is 5.56 Å². The molecule has 5 rings (SSSR count). The first-order valence-corrected chi connectivity index (χ1v) is 13.0. The SMILES string of the molecule is CCCC(C(=O)Cc1ccc2nccnc2c1)n1cc(OC)c(-c2cc(Cl)ccc2-n2cc(Cl)nn2)cc1=O. The number of hydrogen-bond acceptors (Lipinski definition) is 7. The summed E-state index contributed by atoms with van der Waals surface area (Å²) in [7, 11) is 1.51. The van der Waals surface area contributed by atoms with Crippen molar-refractivity contribution in [1.82, 2.24) is 29.5 Å². The van der Waals surface area contributed by atoms with E-state index in [1.54, 1.807) is 43.0 Å². The molecule has 39 heavy (non-hydrogen) atoms. The number of Topliss-reactive ketones (excluding diaryl/α,β-unsaturated/α-hetero) is 1. The minimum absolute atomic E-state index is 0.0855. The van der Waals surface area contributed by atoms with Gasteiger partial charge in [-0.05, 0) is 42.3 Å². The first-order valence-electron chi connectivity index (χ1n) is 12.3. The molecule has 0 spiro atoms.